The van der Waals surface area contributed by atoms with Crippen molar-refractivity contribution in [3.8, 4) is 22.3 Å². The Hall–Kier alpha value is -10.1. The van der Waals surface area contributed by atoms with Gasteiger partial charge in [-0.1, -0.05) is 158 Å². The van der Waals surface area contributed by atoms with Crippen molar-refractivity contribution in [1.29, 1.82) is 0 Å². The summed E-state index contributed by atoms with van der Waals surface area (Å²) in [6.45, 7) is 16.6. The molecule has 72 heavy (non-hydrogen) atoms. The first-order valence-corrected chi connectivity index (χ1v) is 23.9. The number of rotatable bonds is 8. The molecular weight excluding hydrogens is 881 g/mol. The fraction of sp³-hybridized carbons (Fsp3) is 0. The highest BCUT2D eigenvalue weighted by molar-refractivity contribution is 6.29. The van der Waals surface area contributed by atoms with E-state index in [-0.39, 0.29) is 0 Å². The lowest BCUT2D eigenvalue weighted by Gasteiger charge is -2.30. The molecule has 334 valence electrons. The second-order valence-corrected chi connectivity index (χ2v) is 18.2. The van der Waals surface area contributed by atoms with Gasteiger partial charge in [0.1, 0.15) is 11.2 Å². The fourth-order valence-corrected chi connectivity index (χ4v) is 11.0. The van der Waals surface area contributed by atoms with E-state index in [0.717, 1.165) is 133 Å². The number of nitrogens with zero attached hydrogens (tertiary/aromatic N) is 4. The first kappa shape index (κ1) is 40.9. The van der Waals surface area contributed by atoms with Crippen molar-refractivity contribution in [1.82, 2.24) is 0 Å². The van der Waals surface area contributed by atoms with E-state index in [1.807, 2.05) is 97.1 Å². The molecule has 0 bridgehead atoms. The van der Waals surface area contributed by atoms with Crippen LogP contribution in [0, 0.1) is 13.1 Å². The molecule has 2 aromatic heterocycles. The zero-order valence-electron chi connectivity index (χ0n) is 38.5. The number of hydrogen-bond donors (Lipinski definition) is 0. The van der Waals surface area contributed by atoms with Gasteiger partial charge in [-0.3, -0.25) is 0 Å². The molecule has 6 heteroatoms. The van der Waals surface area contributed by atoms with Crippen LogP contribution < -0.4 is 9.80 Å². The third-order valence-electron chi connectivity index (χ3n) is 14.1. The minimum Gasteiger partial charge on any atom is -0.454 e. The van der Waals surface area contributed by atoms with E-state index in [4.69, 9.17) is 22.0 Å². The van der Waals surface area contributed by atoms with Gasteiger partial charge in [0.2, 0.25) is 0 Å². The van der Waals surface area contributed by atoms with E-state index < -0.39 is 0 Å². The van der Waals surface area contributed by atoms with Gasteiger partial charge in [-0.25, -0.2) is 9.69 Å². The third kappa shape index (κ3) is 6.41. The highest BCUT2D eigenvalue weighted by Gasteiger charge is 2.26. The van der Waals surface area contributed by atoms with Gasteiger partial charge in [0.25, 0.3) is 0 Å². The van der Waals surface area contributed by atoms with Crippen LogP contribution in [0.2, 0.25) is 0 Å². The lowest BCUT2D eigenvalue weighted by Crippen LogP contribution is -2.12. The van der Waals surface area contributed by atoms with Gasteiger partial charge in [-0.2, -0.15) is 0 Å². The molecule has 0 fully saturated rings. The molecule has 0 radical (unpaired) electrons. The highest BCUT2D eigenvalue weighted by atomic mass is 16.3. The monoisotopic (exact) mass is 918 g/mol. The summed E-state index contributed by atoms with van der Waals surface area (Å²) in [5, 5.41) is 10.6. The fourth-order valence-electron chi connectivity index (χ4n) is 11.0. The summed E-state index contributed by atoms with van der Waals surface area (Å²) in [4.78, 5) is 12.6. The zero-order valence-corrected chi connectivity index (χ0v) is 38.5. The normalized spacial score (nSPS) is 11.6. The summed E-state index contributed by atoms with van der Waals surface area (Å²) in [5.74, 6) is 0. The maximum absolute atomic E-state index is 8.32. The number of benzene rings is 12. The van der Waals surface area contributed by atoms with Gasteiger partial charge < -0.3 is 18.6 Å². The van der Waals surface area contributed by atoms with Crippen molar-refractivity contribution in [3.05, 3.63) is 253 Å². The number of hydrogen-bond acceptors (Lipinski definition) is 4. The van der Waals surface area contributed by atoms with Crippen molar-refractivity contribution < 1.29 is 8.83 Å². The third-order valence-corrected chi connectivity index (χ3v) is 14.1. The Morgan fingerprint density at radius 3 is 1.15 bits per heavy atom. The van der Waals surface area contributed by atoms with Crippen molar-refractivity contribution in [2.45, 2.75) is 0 Å². The van der Waals surface area contributed by atoms with E-state index in [1.54, 1.807) is 0 Å². The smallest absolute Gasteiger partial charge is 0.189 e. The highest BCUT2D eigenvalue weighted by Crippen LogP contribution is 2.51. The Kier molecular flexibility index (Phi) is 9.23. The Bertz CT molecular complexity index is 4270. The van der Waals surface area contributed by atoms with Crippen molar-refractivity contribution in [3.63, 3.8) is 0 Å². The topological polar surface area (TPSA) is 41.5 Å². The Labute approximate surface area is 414 Å². The van der Waals surface area contributed by atoms with Gasteiger partial charge in [0.05, 0.1) is 35.9 Å². The molecule has 0 unspecified atom stereocenters. The maximum Gasteiger partial charge on any atom is 0.189 e. The van der Waals surface area contributed by atoms with E-state index in [1.165, 1.54) is 0 Å². The summed E-state index contributed by atoms with van der Waals surface area (Å²) in [6, 6.07) is 79.5. The van der Waals surface area contributed by atoms with Crippen LogP contribution in [-0.4, -0.2) is 0 Å². The summed E-state index contributed by atoms with van der Waals surface area (Å²) >= 11 is 0. The molecule has 0 aliphatic heterocycles. The van der Waals surface area contributed by atoms with Crippen LogP contribution in [0.5, 0.6) is 0 Å². The van der Waals surface area contributed by atoms with Crippen LogP contribution in [0.25, 0.3) is 108 Å². The predicted molar refractivity (Wildman–Crippen MR) is 297 cm³/mol. The Balaban J connectivity index is 1.05. The van der Waals surface area contributed by atoms with Gasteiger partial charge in [0, 0.05) is 43.7 Å². The van der Waals surface area contributed by atoms with Crippen molar-refractivity contribution in [2.75, 3.05) is 9.80 Å². The van der Waals surface area contributed by atoms with Gasteiger partial charge >= 0.3 is 0 Å². The largest absolute Gasteiger partial charge is 0.454 e. The molecule has 6 nitrogen and oxygen atoms in total. The lowest BCUT2D eigenvalue weighted by atomic mass is 9.91. The van der Waals surface area contributed by atoms with Crippen molar-refractivity contribution >= 4 is 122 Å². The first-order valence-electron chi connectivity index (χ1n) is 23.9. The molecule has 12 aromatic carbocycles. The molecule has 0 aliphatic rings. The molecular formula is C66H38N4O2. The van der Waals surface area contributed by atoms with Gasteiger partial charge in [0.15, 0.2) is 22.5 Å². The second-order valence-electron chi connectivity index (χ2n) is 18.2. The number of para-hydroxylation sites is 4. The number of furan rings is 2. The van der Waals surface area contributed by atoms with Gasteiger partial charge in [-0.05, 0) is 117 Å². The molecule has 0 atom stereocenters. The predicted octanol–water partition coefficient (Wildman–Crippen LogP) is 19.8. The minimum absolute atomic E-state index is 0.535. The minimum atomic E-state index is 0.535. The van der Waals surface area contributed by atoms with E-state index in [2.05, 4.69) is 153 Å². The van der Waals surface area contributed by atoms with Crippen LogP contribution >= 0.6 is 0 Å². The summed E-state index contributed by atoms with van der Waals surface area (Å²) in [6.07, 6.45) is 0. The lowest BCUT2D eigenvalue weighted by molar-refractivity contribution is 0.669. The van der Waals surface area contributed by atoms with E-state index >= 15 is 0 Å². The molecule has 0 saturated heterocycles. The van der Waals surface area contributed by atoms with Gasteiger partial charge in [-0.15, -0.1) is 0 Å². The Morgan fingerprint density at radius 1 is 0.306 bits per heavy atom. The zero-order chi connectivity index (χ0) is 47.9. The molecule has 0 N–H and O–H groups in total. The summed E-state index contributed by atoms with van der Waals surface area (Å²) < 4.78 is 13.6. The van der Waals surface area contributed by atoms with Crippen molar-refractivity contribution in [2.24, 2.45) is 0 Å². The second kappa shape index (κ2) is 16.2. The molecule has 0 amide bonds. The molecule has 0 aliphatic carbocycles. The quantitative estimate of drug-likeness (QED) is 0.112. The molecule has 0 saturated carbocycles. The molecule has 14 aromatic rings. The summed E-state index contributed by atoms with van der Waals surface area (Å²) in [5.41, 5.74) is 13.4. The SMILES string of the molecule is [C-]#[N+]c1cc(-c2ccccc2)cc(N(c2ccc3ccc4c(N(c5cc([N+]#[C-])cc(-c6ccccc6)c5)c5cccc6c5oc5ccccc56)ccc5ccc2c3c54)c2cccc3c2oc2ccccc23)c1. The van der Waals surface area contributed by atoms with E-state index in [9.17, 15) is 0 Å². The van der Waals surface area contributed by atoms with Crippen LogP contribution in [0.1, 0.15) is 0 Å². The molecule has 14 rings (SSSR count). The van der Waals surface area contributed by atoms with Crippen LogP contribution in [0.15, 0.2) is 239 Å². The molecule has 2 heterocycles. The number of fused-ring (bicyclic) bond motifs is 6. The number of anilines is 6. The van der Waals surface area contributed by atoms with Crippen LogP contribution in [-0.2, 0) is 0 Å². The Morgan fingerprint density at radius 2 is 0.708 bits per heavy atom. The summed E-state index contributed by atoms with van der Waals surface area (Å²) in [7, 11) is 0. The van der Waals surface area contributed by atoms with Crippen LogP contribution in [0.4, 0.5) is 45.5 Å². The van der Waals surface area contributed by atoms with E-state index in [0.29, 0.717) is 11.4 Å². The average molecular weight is 919 g/mol. The maximum atomic E-state index is 8.32. The average Bonchev–Trinajstić information content (AvgIpc) is 4.03. The standard InChI is InChI=1S/C66H38N4O2/c1-67-47-35-45(41-15-5-3-6-16-41)37-49(39-47)69(59-23-13-21-53-51-19-9-11-25-61(51)71-65(53)59)57-33-29-43-28-32-56-58(34-30-44-27-31-55(57)63(43)64(44)56)70(50-38-46(36-48(40-50)68-2)42-17-7-4-8-18-42)60-24-14-22-54-52-20-10-12-26-62(52)72-66(54)60/h3-40H. The molecule has 0 spiro atoms. The van der Waals surface area contributed by atoms with Crippen LogP contribution in [0.3, 0.4) is 0 Å². The first-order chi connectivity index (χ1) is 35.6.